The van der Waals surface area contributed by atoms with E-state index in [0.29, 0.717) is 23.7 Å². The minimum absolute atomic E-state index is 0.0255. The molecule has 1 heterocycles. The number of anilines is 1. The fourth-order valence-electron chi connectivity index (χ4n) is 2.96. The number of nitrogens with zero attached hydrogens (tertiary/aromatic N) is 2. The van der Waals surface area contributed by atoms with Crippen LogP contribution in [0.15, 0.2) is 53.9 Å². The Labute approximate surface area is 185 Å². The zero-order valence-corrected chi connectivity index (χ0v) is 18.6. The Bertz CT molecular complexity index is 1020. The quantitative estimate of drug-likeness (QED) is 0.502. The molecule has 5 nitrogen and oxygen atoms in total. The van der Waals surface area contributed by atoms with Gasteiger partial charge in [0.2, 0.25) is 5.91 Å². The van der Waals surface area contributed by atoms with E-state index in [1.165, 1.54) is 16.9 Å². The first-order chi connectivity index (χ1) is 14.6. The van der Waals surface area contributed by atoms with Crippen molar-refractivity contribution in [3.63, 3.8) is 0 Å². The lowest BCUT2D eigenvalue weighted by Gasteiger charge is -2.18. The molecule has 0 aliphatic carbocycles. The summed E-state index contributed by atoms with van der Waals surface area (Å²) in [5.41, 5.74) is 4.68. The summed E-state index contributed by atoms with van der Waals surface area (Å²) in [5, 5.41) is 18.0. The molecule has 0 saturated heterocycles. The van der Waals surface area contributed by atoms with Gasteiger partial charge in [0.05, 0.1) is 17.3 Å². The number of benzene rings is 2. The first-order valence-electron chi connectivity index (χ1n) is 9.64. The van der Waals surface area contributed by atoms with Crippen LogP contribution < -0.4 is 10.6 Å². The zero-order valence-electron chi connectivity index (χ0n) is 17.0. The number of rotatable bonds is 9. The van der Waals surface area contributed by atoms with Crippen LogP contribution in [0.25, 0.3) is 11.3 Å². The lowest BCUT2D eigenvalue weighted by atomic mass is 10.1. The number of hydrogen-bond acceptors (Lipinski definition) is 6. The largest absolute Gasteiger partial charge is 0.350 e. The highest BCUT2D eigenvalue weighted by atomic mass is 32.2. The third-order valence-corrected chi connectivity index (χ3v) is 6.17. The summed E-state index contributed by atoms with van der Waals surface area (Å²) in [6.07, 6.45) is 2.75. The smallest absolute Gasteiger partial charge is 0.242 e. The summed E-state index contributed by atoms with van der Waals surface area (Å²) in [7, 11) is 0. The van der Waals surface area contributed by atoms with Crippen molar-refractivity contribution in [3.8, 4) is 17.3 Å². The van der Waals surface area contributed by atoms with Crippen LogP contribution in [-0.2, 0) is 11.3 Å². The maximum absolute atomic E-state index is 12.8. The number of hydrogen-bond donors (Lipinski definition) is 2. The predicted molar refractivity (Wildman–Crippen MR) is 126 cm³/mol. The van der Waals surface area contributed by atoms with Crippen molar-refractivity contribution in [1.82, 2.24) is 10.3 Å². The van der Waals surface area contributed by atoms with Crippen molar-refractivity contribution in [2.24, 2.45) is 0 Å². The average molecular weight is 437 g/mol. The van der Waals surface area contributed by atoms with Crippen LogP contribution in [0.4, 0.5) is 5.13 Å². The molecule has 1 atom stereocenters. The second kappa shape index (κ2) is 10.8. The summed E-state index contributed by atoms with van der Waals surface area (Å²) in [4.78, 5) is 17.5. The van der Waals surface area contributed by atoms with Crippen LogP contribution in [-0.4, -0.2) is 28.9 Å². The maximum atomic E-state index is 12.8. The number of amides is 1. The van der Waals surface area contributed by atoms with Gasteiger partial charge in [-0.25, -0.2) is 4.98 Å². The van der Waals surface area contributed by atoms with Crippen LogP contribution in [0.3, 0.4) is 0 Å². The van der Waals surface area contributed by atoms with E-state index < -0.39 is 0 Å². The second-order valence-electron chi connectivity index (χ2n) is 6.85. The van der Waals surface area contributed by atoms with E-state index in [4.69, 9.17) is 5.26 Å². The molecule has 0 aliphatic rings. The highest BCUT2D eigenvalue weighted by Gasteiger charge is 2.19. The molecule has 0 bridgehead atoms. The topological polar surface area (TPSA) is 77.8 Å². The Kier molecular flexibility index (Phi) is 7.89. The minimum Gasteiger partial charge on any atom is -0.350 e. The molecule has 0 fully saturated rings. The zero-order chi connectivity index (χ0) is 21.3. The first kappa shape index (κ1) is 21.9. The van der Waals surface area contributed by atoms with Crippen molar-refractivity contribution >= 4 is 34.1 Å². The van der Waals surface area contributed by atoms with Crippen molar-refractivity contribution < 1.29 is 4.79 Å². The molecule has 0 radical (unpaired) electrons. The predicted octanol–water partition coefficient (Wildman–Crippen LogP) is 4.84. The number of carbonyl (C=O) groups is 1. The summed E-state index contributed by atoms with van der Waals surface area (Å²) in [6, 6.07) is 17.2. The lowest BCUT2D eigenvalue weighted by Crippen LogP contribution is -2.39. The van der Waals surface area contributed by atoms with Crippen LogP contribution >= 0.6 is 23.1 Å². The molecule has 0 spiro atoms. The van der Waals surface area contributed by atoms with Gasteiger partial charge in [0.1, 0.15) is 6.04 Å². The molecule has 30 heavy (non-hydrogen) atoms. The van der Waals surface area contributed by atoms with E-state index in [1.807, 2.05) is 55.0 Å². The first-order valence-corrected chi connectivity index (χ1v) is 11.9. The van der Waals surface area contributed by atoms with E-state index in [-0.39, 0.29) is 11.9 Å². The highest BCUT2D eigenvalue weighted by Crippen LogP contribution is 2.26. The molecule has 3 rings (SSSR count). The van der Waals surface area contributed by atoms with Gasteiger partial charge in [0, 0.05) is 17.5 Å². The SMILES string of the molecule is CSCC[C@@H](Nc1nc(-c2ccc(C#N)cc2)cs1)C(=O)NCc1ccccc1C. The Morgan fingerprint density at radius 2 is 2.00 bits per heavy atom. The molecule has 7 heteroatoms. The van der Waals surface area contributed by atoms with E-state index >= 15 is 0 Å². The summed E-state index contributed by atoms with van der Waals surface area (Å²) < 4.78 is 0. The van der Waals surface area contributed by atoms with Crippen LogP contribution in [0.2, 0.25) is 0 Å². The Balaban J connectivity index is 1.66. The van der Waals surface area contributed by atoms with Gasteiger partial charge in [-0.2, -0.15) is 17.0 Å². The summed E-state index contributed by atoms with van der Waals surface area (Å²) >= 11 is 3.19. The standard InChI is InChI=1S/C23H24N4OS2/c1-16-5-3-4-6-19(16)14-25-22(28)20(11-12-29-2)26-23-27-21(15-30-23)18-9-7-17(13-24)8-10-18/h3-10,15,20H,11-12,14H2,1-2H3,(H,25,28)(H,26,27)/t20-/m1/s1. The Hall–Kier alpha value is -2.82. The molecule has 2 N–H and O–H groups in total. The number of aryl methyl sites for hydroxylation is 1. The number of aromatic nitrogens is 1. The van der Waals surface area contributed by atoms with Crippen LogP contribution in [0.5, 0.6) is 0 Å². The van der Waals surface area contributed by atoms with Gasteiger partial charge >= 0.3 is 0 Å². The summed E-state index contributed by atoms with van der Waals surface area (Å²) in [5.74, 6) is 0.853. The number of thiazole rings is 1. The molecular weight excluding hydrogens is 412 g/mol. The number of thioether (sulfide) groups is 1. The van der Waals surface area contributed by atoms with E-state index in [0.717, 1.165) is 22.6 Å². The number of carbonyl (C=O) groups excluding carboxylic acids is 1. The molecule has 0 unspecified atom stereocenters. The van der Waals surface area contributed by atoms with E-state index in [1.54, 1.807) is 23.9 Å². The molecule has 0 saturated carbocycles. The van der Waals surface area contributed by atoms with Gasteiger partial charge in [-0.05, 0) is 48.6 Å². The van der Waals surface area contributed by atoms with Gasteiger partial charge in [-0.15, -0.1) is 11.3 Å². The fourth-order valence-corrected chi connectivity index (χ4v) is 4.20. The monoisotopic (exact) mass is 436 g/mol. The average Bonchev–Trinajstić information content (AvgIpc) is 3.24. The highest BCUT2D eigenvalue weighted by molar-refractivity contribution is 7.98. The third kappa shape index (κ3) is 5.85. The van der Waals surface area contributed by atoms with Crippen molar-refractivity contribution in [1.29, 1.82) is 5.26 Å². The maximum Gasteiger partial charge on any atom is 0.242 e. The van der Waals surface area contributed by atoms with Crippen molar-refractivity contribution in [2.75, 3.05) is 17.3 Å². The van der Waals surface area contributed by atoms with Crippen molar-refractivity contribution in [2.45, 2.75) is 25.9 Å². The van der Waals surface area contributed by atoms with E-state index in [2.05, 4.69) is 21.7 Å². The van der Waals surface area contributed by atoms with Gasteiger partial charge in [-0.3, -0.25) is 4.79 Å². The molecular formula is C23H24N4OS2. The van der Waals surface area contributed by atoms with Gasteiger partial charge in [0.25, 0.3) is 0 Å². The summed E-state index contributed by atoms with van der Waals surface area (Å²) in [6.45, 7) is 2.56. The van der Waals surface area contributed by atoms with Gasteiger partial charge in [-0.1, -0.05) is 36.4 Å². The molecule has 3 aromatic rings. The normalized spacial score (nSPS) is 11.5. The molecule has 2 aromatic carbocycles. The van der Waals surface area contributed by atoms with Gasteiger partial charge < -0.3 is 10.6 Å². The lowest BCUT2D eigenvalue weighted by molar-refractivity contribution is -0.122. The molecule has 0 aliphatic heterocycles. The van der Waals surface area contributed by atoms with E-state index in [9.17, 15) is 4.79 Å². The van der Waals surface area contributed by atoms with Crippen molar-refractivity contribution in [3.05, 3.63) is 70.6 Å². The molecule has 1 aromatic heterocycles. The van der Waals surface area contributed by atoms with Gasteiger partial charge in [0.15, 0.2) is 5.13 Å². The Morgan fingerprint density at radius 3 is 2.70 bits per heavy atom. The minimum atomic E-state index is -0.346. The third-order valence-electron chi connectivity index (χ3n) is 4.75. The fraction of sp³-hybridized carbons (Fsp3) is 0.261. The molecule has 1 amide bonds. The number of nitriles is 1. The molecule has 154 valence electrons. The second-order valence-corrected chi connectivity index (χ2v) is 8.69. The van der Waals surface area contributed by atoms with Crippen LogP contribution in [0.1, 0.15) is 23.1 Å². The number of nitrogens with one attached hydrogen (secondary N) is 2. The Morgan fingerprint density at radius 1 is 1.23 bits per heavy atom. The van der Waals surface area contributed by atoms with Crippen LogP contribution in [0, 0.1) is 18.3 Å².